The predicted molar refractivity (Wildman–Crippen MR) is 213 cm³/mol. The molecular weight excluding hydrogens is 633 g/mol. The second kappa shape index (κ2) is 12.6. The molecule has 0 aromatic heterocycles. The van der Waals surface area contributed by atoms with E-state index in [1.807, 2.05) is 36.4 Å². The van der Waals surface area contributed by atoms with Gasteiger partial charge in [-0.1, -0.05) is 152 Å². The minimum Gasteiger partial charge on any atom is -0.461 e. The van der Waals surface area contributed by atoms with Gasteiger partial charge in [-0.25, -0.2) is 9.98 Å². The van der Waals surface area contributed by atoms with E-state index in [4.69, 9.17) is 14.7 Å². The molecule has 4 aliphatic rings. The molecule has 2 unspecified atom stereocenters. The summed E-state index contributed by atoms with van der Waals surface area (Å²) in [5.74, 6) is 2.91. The highest BCUT2D eigenvalue weighted by Crippen LogP contribution is 2.52. The number of amidine groups is 1. The number of nitrogens with zero attached hydrogens (tertiary/aromatic N) is 2. The van der Waals surface area contributed by atoms with Gasteiger partial charge in [0.2, 0.25) is 0 Å². The van der Waals surface area contributed by atoms with Gasteiger partial charge in [-0.05, 0) is 81.3 Å². The van der Waals surface area contributed by atoms with Crippen LogP contribution in [0, 0.1) is 0 Å². The molecule has 6 aromatic carbocycles. The third kappa shape index (κ3) is 5.30. The second-order valence-electron chi connectivity index (χ2n) is 13.7. The number of hydrogen-bond acceptors (Lipinski definition) is 3. The molecular formula is C49H34N2O. The zero-order valence-electron chi connectivity index (χ0n) is 28.5. The number of rotatable bonds is 5. The predicted octanol–water partition coefficient (Wildman–Crippen LogP) is 11.7. The van der Waals surface area contributed by atoms with Crippen molar-refractivity contribution in [2.75, 3.05) is 0 Å². The van der Waals surface area contributed by atoms with Gasteiger partial charge >= 0.3 is 0 Å². The number of ether oxygens (including phenoxy) is 1. The zero-order valence-corrected chi connectivity index (χ0v) is 28.5. The maximum absolute atomic E-state index is 6.61. The maximum atomic E-state index is 6.61. The Morgan fingerprint density at radius 1 is 0.558 bits per heavy atom. The van der Waals surface area contributed by atoms with Gasteiger partial charge in [0.05, 0.1) is 11.4 Å². The lowest BCUT2D eigenvalue weighted by molar-refractivity contribution is 0.425. The average molecular weight is 667 g/mol. The first-order valence-corrected chi connectivity index (χ1v) is 18.0. The molecule has 0 fully saturated rings. The van der Waals surface area contributed by atoms with Crippen LogP contribution in [0.2, 0.25) is 0 Å². The van der Waals surface area contributed by atoms with E-state index in [1.54, 1.807) is 0 Å². The molecule has 0 bridgehead atoms. The number of aliphatic imine (C=N–C) groups is 2. The van der Waals surface area contributed by atoms with E-state index in [1.165, 1.54) is 44.5 Å². The van der Waals surface area contributed by atoms with Crippen molar-refractivity contribution < 1.29 is 4.74 Å². The lowest BCUT2D eigenvalue weighted by atomic mass is 9.84. The van der Waals surface area contributed by atoms with E-state index in [2.05, 4.69) is 146 Å². The normalized spacial score (nSPS) is 21.8. The number of allylic oxidation sites excluding steroid dienone is 7. The first-order chi connectivity index (χ1) is 25.8. The molecule has 3 heteroatoms. The minimum absolute atomic E-state index is 0.154. The van der Waals surface area contributed by atoms with Gasteiger partial charge in [-0.3, -0.25) is 0 Å². The van der Waals surface area contributed by atoms with E-state index in [0.717, 1.165) is 46.0 Å². The Kier molecular flexibility index (Phi) is 7.35. The topological polar surface area (TPSA) is 34.0 Å². The van der Waals surface area contributed by atoms with Crippen LogP contribution in [0.3, 0.4) is 0 Å². The van der Waals surface area contributed by atoms with Gasteiger partial charge in [-0.15, -0.1) is 0 Å². The van der Waals surface area contributed by atoms with Crippen molar-refractivity contribution in [3.63, 3.8) is 0 Å². The van der Waals surface area contributed by atoms with E-state index in [0.29, 0.717) is 5.84 Å². The molecule has 2 aliphatic carbocycles. The quantitative estimate of drug-likeness (QED) is 0.180. The van der Waals surface area contributed by atoms with Crippen LogP contribution < -0.4 is 4.74 Å². The minimum atomic E-state index is 0.154. The highest BCUT2D eigenvalue weighted by molar-refractivity contribution is 6.19. The van der Waals surface area contributed by atoms with Crippen molar-refractivity contribution in [2.24, 2.45) is 9.98 Å². The van der Waals surface area contributed by atoms with Crippen molar-refractivity contribution in [1.29, 1.82) is 0 Å². The first-order valence-electron chi connectivity index (χ1n) is 18.0. The SMILES string of the molecule is C1=C(C2=N/C(c3ccccc3)=N\C(c3ccccc3)=C\C=C\2)C=C2Oc3ccc(C4c5ccccc5-c5ccc(-c6ccccc6)cc54)cc3C2C1. The molecule has 2 aliphatic heterocycles. The first kappa shape index (κ1) is 30.3. The molecule has 0 saturated carbocycles. The van der Waals surface area contributed by atoms with Crippen LogP contribution in [-0.2, 0) is 0 Å². The van der Waals surface area contributed by atoms with Gasteiger partial charge in [0, 0.05) is 28.5 Å². The van der Waals surface area contributed by atoms with Crippen molar-refractivity contribution in [2.45, 2.75) is 18.3 Å². The number of benzene rings is 6. The molecule has 0 N–H and O–H groups in total. The fraction of sp³-hybridized carbons (Fsp3) is 0.0612. The van der Waals surface area contributed by atoms with Gasteiger partial charge in [0.1, 0.15) is 11.5 Å². The van der Waals surface area contributed by atoms with Crippen LogP contribution in [0.1, 0.15) is 51.6 Å². The van der Waals surface area contributed by atoms with Gasteiger partial charge in [0.25, 0.3) is 0 Å². The second-order valence-corrected chi connectivity index (χ2v) is 13.7. The molecule has 10 rings (SSSR count). The highest BCUT2D eigenvalue weighted by Gasteiger charge is 2.35. The summed E-state index contributed by atoms with van der Waals surface area (Å²) in [6.45, 7) is 0. The Bertz CT molecular complexity index is 2550. The van der Waals surface area contributed by atoms with Crippen LogP contribution >= 0.6 is 0 Å². The molecule has 2 heterocycles. The number of fused-ring (bicyclic) bond motifs is 6. The maximum Gasteiger partial charge on any atom is 0.160 e. The molecule has 3 nitrogen and oxygen atoms in total. The molecule has 2 atom stereocenters. The lowest BCUT2D eigenvalue weighted by Crippen LogP contribution is -2.11. The van der Waals surface area contributed by atoms with E-state index >= 15 is 0 Å². The van der Waals surface area contributed by atoms with Crippen LogP contribution in [-0.4, -0.2) is 11.5 Å². The third-order valence-corrected chi connectivity index (χ3v) is 10.6. The van der Waals surface area contributed by atoms with Crippen molar-refractivity contribution >= 4 is 17.2 Å². The molecule has 0 spiro atoms. The van der Waals surface area contributed by atoms with Crippen LogP contribution in [0.5, 0.6) is 5.75 Å². The zero-order chi connectivity index (χ0) is 34.4. The third-order valence-electron chi connectivity index (χ3n) is 10.6. The van der Waals surface area contributed by atoms with Crippen LogP contribution in [0.25, 0.3) is 28.0 Å². The van der Waals surface area contributed by atoms with Gasteiger partial charge in [-0.2, -0.15) is 0 Å². The summed E-state index contributed by atoms with van der Waals surface area (Å²) in [6.07, 6.45) is 11.5. The summed E-state index contributed by atoms with van der Waals surface area (Å²) in [4.78, 5) is 10.3. The molecule has 6 aromatic rings. The number of hydrogen-bond donors (Lipinski definition) is 0. The lowest BCUT2D eigenvalue weighted by Gasteiger charge is -2.19. The van der Waals surface area contributed by atoms with Crippen molar-refractivity contribution in [3.8, 4) is 28.0 Å². The summed E-state index contributed by atoms with van der Waals surface area (Å²) >= 11 is 0. The van der Waals surface area contributed by atoms with Gasteiger partial charge < -0.3 is 4.74 Å². The molecule has 0 amide bonds. The summed E-state index contributed by atoms with van der Waals surface area (Å²) in [5.41, 5.74) is 15.2. The highest BCUT2D eigenvalue weighted by atomic mass is 16.5. The molecule has 0 saturated heterocycles. The Morgan fingerprint density at radius 2 is 1.27 bits per heavy atom. The van der Waals surface area contributed by atoms with E-state index < -0.39 is 0 Å². The van der Waals surface area contributed by atoms with E-state index in [9.17, 15) is 0 Å². The summed E-state index contributed by atoms with van der Waals surface area (Å²) in [7, 11) is 0. The van der Waals surface area contributed by atoms with Crippen molar-refractivity contribution in [3.05, 3.63) is 227 Å². The van der Waals surface area contributed by atoms with Gasteiger partial charge in [0.15, 0.2) is 5.84 Å². The Balaban J connectivity index is 0.986. The largest absolute Gasteiger partial charge is 0.461 e. The Labute approximate surface area is 304 Å². The molecule has 52 heavy (non-hydrogen) atoms. The van der Waals surface area contributed by atoms with E-state index in [-0.39, 0.29) is 11.8 Å². The van der Waals surface area contributed by atoms with Crippen molar-refractivity contribution in [1.82, 2.24) is 0 Å². The molecule has 0 radical (unpaired) electrons. The van der Waals surface area contributed by atoms with Crippen LogP contribution in [0.15, 0.2) is 203 Å². The summed E-state index contributed by atoms with van der Waals surface area (Å²) < 4.78 is 6.61. The summed E-state index contributed by atoms with van der Waals surface area (Å²) in [5, 5.41) is 0. The average Bonchev–Trinajstić information content (AvgIpc) is 3.73. The molecule has 246 valence electrons. The fourth-order valence-corrected chi connectivity index (χ4v) is 8.05. The Morgan fingerprint density at radius 3 is 2.08 bits per heavy atom. The standard InChI is InChI=1S/C49H34N2O/c1-4-13-32(14-5-1)35-23-26-39-38-19-10-11-20-41(38)48(43(39)29-35)37-25-28-46-42(30-37)40-27-24-36(31-47(40)52-46)45-22-12-21-44(33-15-6-2-7-16-33)50-49(51-45)34-17-8-3-9-18-34/h1-26,28-31,40,48H,27H2/b21-12?,22-12+,44-21+,45-22?,50-44?,50-49-,51-45+,51-49?. The smallest absolute Gasteiger partial charge is 0.160 e. The fourth-order valence-electron chi connectivity index (χ4n) is 8.05. The summed E-state index contributed by atoms with van der Waals surface area (Å²) in [6, 6.07) is 53.8. The monoisotopic (exact) mass is 666 g/mol. The Hall–Kier alpha value is -6.58. The van der Waals surface area contributed by atoms with Crippen LogP contribution in [0.4, 0.5) is 0 Å².